The van der Waals surface area contributed by atoms with Gasteiger partial charge in [-0.3, -0.25) is 0 Å². The van der Waals surface area contributed by atoms with Crippen molar-refractivity contribution in [2.75, 3.05) is 12.8 Å². The van der Waals surface area contributed by atoms with Crippen molar-refractivity contribution in [2.45, 2.75) is 12.5 Å². The smallest absolute Gasteiger partial charge is 0.126 e. The predicted octanol–water partition coefficient (Wildman–Crippen LogP) is 1.76. The van der Waals surface area contributed by atoms with Gasteiger partial charge in [-0.2, -0.15) is 0 Å². The van der Waals surface area contributed by atoms with E-state index in [0.29, 0.717) is 5.82 Å². The first kappa shape index (κ1) is 10.7. The van der Waals surface area contributed by atoms with Gasteiger partial charge in [0.2, 0.25) is 0 Å². The fourth-order valence-electron chi connectivity index (χ4n) is 1.70. The Hall–Kier alpha value is -1.81. The van der Waals surface area contributed by atoms with Crippen molar-refractivity contribution in [2.24, 2.45) is 0 Å². The van der Waals surface area contributed by atoms with Crippen LogP contribution in [0.2, 0.25) is 0 Å². The summed E-state index contributed by atoms with van der Waals surface area (Å²) in [7, 11) is 1.92. The predicted molar refractivity (Wildman–Crippen MR) is 62.9 cm³/mol. The van der Waals surface area contributed by atoms with E-state index in [9.17, 15) is 0 Å². The molecule has 16 heavy (non-hydrogen) atoms. The molecule has 0 amide bonds. The van der Waals surface area contributed by atoms with E-state index in [0.717, 1.165) is 17.5 Å². The Bertz CT molecular complexity index is 439. The van der Waals surface area contributed by atoms with Gasteiger partial charge in [-0.1, -0.05) is 6.07 Å². The number of hydrogen-bond donors (Lipinski definition) is 2. The highest BCUT2D eigenvalue weighted by atomic mass is 16.3. The largest absolute Gasteiger partial charge is 0.472 e. The van der Waals surface area contributed by atoms with Gasteiger partial charge in [0, 0.05) is 17.8 Å². The van der Waals surface area contributed by atoms with Crippen molar-refractivity contribution < 1.29 is 4.42 Å². The molecule has 2 aromatic rings. The molecule has 84 valence electrons. The van der Waals surface area contributed by atoms with Crippen LogP contribution in [0.4, 0.5) is 5.82 Å². The third-order valence-electron chi connectivity index (χ3n) is 2.64. The molecule has 2 heterocycles. The van der Waals surface area contributed by atoms with Gasteiger partial charge in [-0.15, -0.1) is 0 Å². The van der Waals surface area contributed by atoms with Crippen LogP contribution >= 0.6 is 0 Å². The molecule has 0 fully saturated rings. The number of anilines is 1. The Morgan fingerprint density at radius 3 is 3.00 bits per heavy atom. The van der Waals surface area contributed by atoms with Crippen LogP contribution in [0, 0.1) is 0 Å². The molecule has 0 aliphatic rings. The summed E-state index contributed by atoms with van der Waals surface area (Å²) in [6.45, 7) is 0. The molecule has 4 heteroatoms. The lowest BCUT2D eigenvalue weighted by Gasteiger charge is -2.15. The monoisotopic (exact) mass is 217 g/mol. The van der Waals surface area contributed by atoms with Crippen LogP contribution in [-0.2, 0) is 6.42 Å². The Morgan fingerprint density at radius 2 is 2.38 bits per heavy atom. The Labute approximate surface area is 94.5 Å². The van der Waals surface area contributed by atoms with E-state index in [2.05, 4.69) is 10.3 Å². The minimum absolute atomic E-state index is 0.199. The topological polar surface area (TPSA) is 64.1 Å². The molecule has 3 N–H and O–H groups in total. The SMILES string of the molecule is CNC(Cc1cccnc1N)c1ccoc1. The Kier molecular flexibility index (Phi) is 3.22. The van der Waals surface area contributed by atoms with Crippen LogP contribution in [0.5, 0.6) is 0 Å². The third kappa shape index (κ3) is 2.23. The number of nitrogen functional groups attached to an aromatic ring is 1. The summed E-state index contributed by atoms with van der Waals surface area (Å²) in [5, 5.41) is 3.24. The number of hydrogen-bond acceptors (Lipinski definition) is 4. The molecule has 0 spiro atoms. The molecule has 0 radical (unpaired) electrons. The Morgan fingerprint density at radius 1 is 1.50 bits per heavy atom. The number of nitrogens with zero attached hydrogens (tertiary/aromatic N) is 1. The average molecular weight is 217 g/mol. The van der Waals surface area contributed by atoms with Crippen molar-refractivity contribution >= 4 is 5.82 Å². The van der Waals surface area contributed by atoms with E-state index in [1.54, 1.807) is 18.7 Å². The lowest BCUT2D eigenvalue weighted by atomic mass is 10.0. The van der Waals surface area contributed by atoms with E-state index in [-0.39, 0.29) is 6.04 Å². The summed E-state index contributed by atoms with van der Waals surface area (Å²) >= 11 is 0. The van der Waals surface area contributed by atoms with Crippen LogP contribution < -0.4 is 11.1 Å². The zero-order valence-corrected chi connectivity index (χ0v) is 9.18. The van der Waals surface area contributed by atoms with Crippen molar-refractivity contribution in [3.8, 4) is 0 Å². The number of furan rings is 1. The molecule has 0 aromatic carbocycles. The van der Waals surface area contributed by atoms with Crippen molar-refractivity contribution in [1.82, 2.24) is 10.3 Å². The van der Waals surface area contributed by atoms with Gasteiger partial charge in [0.1, 0.15) is 5.82 Å². The molecule has 0 saturated heterocycles. The summed E-state index contributed by atoms with van der Waals surface area (Å²) in [6, 6.07) is 6.04. The van der Waals surface area contributed by atoms with E-state index >= 15 is 0 Å². The second-order valence-electron chi connectivity index (χ2n) is 3.65. The van der Waals surface area contributed by atoms with Gasteiger partial charge in [0.25, 0.3) is 0 Å². The van der Waals surface area contributed by atoms with Gasteiger partial charge < -0.3 is 15.5 Å². The quantitative estimate of drug-likeness (QED) is 0.819. The molecule has 1 atom stereocenters. The first-order chi connectivity index (χ1) is 7.81. The average Bonchev–Trinajstić information content (AvgIpc) is 2.81. The summed E-state index contributed by atoms with van der Waals surface area (Å²) in [5.41, 5.74) is 7.98. The van der Waals surface area contributed by atoms with E-state index in [1.165, 1.54) is 0 Å². The lowest BCUT2D eigenvalue weighted by Crippen LogP contribution is -2.19. The number of pyridine rings is 1. The van der Waals surface area contributed by atoms with Gasteiger partial charge in [0.15, 0.2) is 0 Å². The van der Waals surface area contributed by atoms with Crippen molar-refractivity contribution in [3.63, 3.8) is 0 Å². The lowest BCUT2D eigenvalue weighted by molar-refractivity contribution is 0.542. The van der Waals surface area contributed by atoms with Crippen LogP contribution in [0.1, 0.15) is 17.2 Å². The zero-order valence-electron chi connectivity index (χ0n) is 9.18. The molecule has 2 rings (SSSR count). The normalized spacial score (nSPS) is 12.6. The molecular weight excluding hydrogens is 202 g/mol. The van der Waals surface area contributed by atoms with Gasteiger partial charge in [0.05, 0.1) is 12.5 Å². The minimum atomic E-state index is 0.199. The third-order valence-corrected chi connectivity index (χ3v) is 2.64. The standard InChI is InChI=1S/C12H15N3O/c1-14-11(10-4-6-16-8-10)7-9-3-2-5-15-12(9)13/h2-6,8,11,14H,7H2,1H3,(H2,13,15). The van der Waals surface area contributed by atoms with Crippen LogP contribution in [0.3, 0.4) is 0 Å². The maximum Gasteiger partial charge on any atom is 0.126 e. The molecule has 0 bridgehead atoms. The maximum atomic E-state index is 5.81. The molecule has 0 saturated carbocycles. The molecular formula is C12H15N3O. The van der Waals surface area contributed by atoms with Gasteiger partial charge in [-0.05, 0) is 31.2 Å². The highest BCUT2D eigenvalue weighted by molar-refractivity contribution is 5.39. The second-order valence-corrected chi connectivity index (χ2v) is 3.65. The number of nitrogens with two attached hydrogens (primary N) is 1. The second kappa shape index (κ2) is 4.81. The number of aromatic nitrogens is 1. The van der Waals surface area contributed by atoms with E-state index < -0.39 is 0 Å². The zero-order chi connectivity index (χ0) is 11.4. The van der Waals surface area contributed by atoms with Crippen LogP contribution in [0.25, 0.3) is 0 Å². The molecule has 0 aliphatic heterocycles. The summed E-state index contributed by atoms with van der Waals surface area (Å²) in [5.74, 6) is 0.589. The van der Waals surface area contributed by atoms with Crippen molar-refractivity contribution in [3.05, 3.63) is 48.0 Å². The molecule has 0 aliphatic carbocycles. The fraction of sp³-hybridized carbons (Fsp3) is 0.250. The van der Waals surface area contributed by atoms with Gasteiger partial charge in [-0.25, -0.2) is 4.98 Å². The molecule has 2 aromatic heterocycles. The highest BCUT2D eigenvalue weighted by Crippen LogP contribution is 2.20. The van der Waals surface area contributed by atoms with Crippen LogP contribution in [-0.4, -0.2) is 12.0 Å². The van der Waals surface area contributed by atoms with Gasteiger partial charge >= 0.3 is 0 Å². The number of nitrogens with one attached hydrogen (secondary N) is 1. The number of likely N-dealkylation sites (N-methyl/N-ethyl adjacent to an activating group) is 1. The number of rotatable bonds is 4. The summed E-state index contributed by atoms with van der Waals surface area (Å²) in [4.78, 5) is 4.07. The van der Waals surface area contributed by atoms with E-state index in [4.69, 9.17) is 10.2 Å². The maximum absolute atomic E-state index is 5.81. The molecule has 1 unspecified atom stereocenters. The van der Waals surface area contributed by atoms with Crippen LogP contribution in [0.15, 0.2) is 41.3 Å². The van der Waals surface area contributed by atoms with Crippen molar-refractivity contribution in [1.29, 1.82) is 0 Å². The fourth-order valence-corrected chi connectivity index (χ4v) is 1.70. The first-order valence-electron chi connectivity index (χ1n) is 5.20. The first-order valence-corrected chi connectivity index (χ1v) is 5.20. The minimum Gasteiger partial charge on any atom is -0.472 e. The van der Waals surface area contributed by atoms with E-state index in [1.807, 2.05) is 25.2 Å². The molecule has 4 nitrogen and oxygen atoms in total. The highest BCUT2D eigenvalue weighted by Gasteiger charge is 2.12. The summed E-state index contributed by atoms with van der Waals surface area (Å²) in [6.07, 6.45) is 5.92. The Balaban J connectivity index is 2.17. The summed E-state index contributed by atoms with van der Waals surface area (Å²) < 4.78 is 5.08.